The number of benzene rings is 1. The van der Waals surface area contributed by atoms with Crippen molar-refractivity contribution in [2.45, 2.75) is 6.04 Å². The Hall–Kier alpha value is -2.25. The highest BCUT2D eigenvalue weighted by molar-refractivity contribution is 7.10. The van der Waals surface area contributed by atoms with E-state index in [9.17, 15) is 4.79 Å². The number of nitrogens with zero attached hydrogens (tertiary/aromatic N) is 1. The highest BCUT2D eigenvalue weighted by Gasteiger charge is 2.16. The van der Waals surface area contributed by atoms with Crippen LogP contribution >= 0.6 is 11.3 Å². The Balaban J connectivity index is 1.95. The summed E-state index contributed by atoms with van der Waals surface area (Å²) in [5.74, 6) is 1.19. The summed E-state index contributed by atoms with van der Waals surface area (Å²) < 4.78 is 10.4. The minimum absolute atomic E-state index is 0.140. The second-order valence-corrected chi connectivity index (χ2v) is 6.38. The van der Waals surface area contributed by atoms with E-state index in [1.165, 1.54) is 4.88 Å². The summed E-state index contributed by atoms with van der Waals surface area (Å²) in [6.45, 7) is 0.520. The van der Waals surface area contributed by atoms with E-state index in [-0.39, 0.29) is 12.1 Å². The standard InChI is InChI=1S/C17H23N3O3S/c1-20(2)13(16-6-5-9-24-16)11-18-17(21)19-12-7-8-14(22-3)15(10-12)23-4/h5-10,13H,11H2,1-4H3,(H2,18,19,21)/t13-/m1/s1. The van der Waals surface area contributed by atoms with Gasteiger partial charge in [0.25, 0.3) is 0 Å². The molecule has 7 heteroatoms. The molecule has 0 unspecified atom stereocenters. The lowest BCUT2D eigenvalue weighted by Gasteiger charge is -2.23. The van der Waals surface area contributed by atoms with E-state index in [0.717, 1.165) is 0 Å². The Labute approximate surface area is 146 Å². The van der Waals surface area contributed by atoms with Gasteiger partial charge in [0.15, 0.2) is 11.5 Å². The van der Waals surface area contributed by atoms with Gasteiger partial charge in [-0.2, -0.15) is 0 Å². The Morgan fingerprint density at radius 1 is 1.21 bits per heavy atom. The summed E-state index contributed by atoms with van der Waals surface area (Å²) in [5, 5.41) is 7.75. The van der Waals surface area contributed by atoms with Gasteiger partial charge in [0, 0.05) is 23.2 Å². The molecule has 2 N–H and O–H groups in total. The molecule has 130 valence electrons. The molecule has 2 amide bonds. The van der Waals surface area contributed by atoms with Crippen molar-refractivity contribution < 1.29 is 14.3 Å². The molecule has 0 saturated carbocycles. The third kappa shape index (κ3) is 4.62. The second kappa shape index (κ2) is 8.56. The molecule has 2 aromatic rings. The molecule has 0 aliphatic rings. The molecular weight excluding hydrogens is 326 g/mol. The van der Waals surface area contributed by atoms with E-state index in [4.69, 9.17) is 9.47 Å². The summed E-state index contributed by atoms with van der Waals surface area (Å²) in [6, 6.07) is 9.21. The van der Waals surface area contributed by atoms with E-state index in [1.807, 2.05) is 25.5 Å². The lowest BCUT2D eigenvalue weighted by molar-refractivity contribution is 0.244. The third-order valence-electron chi connectivity index (χ3n) is 3.59. The maximum Gasteiger partial charge on any atom is 0.319 e. The van der Waals surface area contributed by atoms with Gasteiger partial charge in [0.05, 0.1) is 20.3 Å². The number of rotatable bonds is 7. The van der Waals surface area contributed by atoms with Gasteiger partial charge in [-0.1, -0.05) is 6.07 Å². The van der Waals surface area contributed by atoms with E-state index in [2.05, 4.69) is 21.6 Å². The molecule has 0 fully saturated rings. The number of hydrogen-bond donors (Lipinski definition) is 2. The molecule has 1 atom stereocenters. The normalized spacial score (nSPS) is 11.9. The summed E-state index contributed by atoms with van der Waals surface area (Å²) in [7, 11) is 7.13. The third-order valence-corrected chi connectivity index (χ3v) is 4.57. The first-order chi connectivity index (χ1) is 11.5. The fraction of sp³-hybridized carbons (Fsp3) is 0.353. The van der Waals surface area contributed by atoms with Crippen LogP contribution in [0.4, 0.5) is 10.5 Å². The number of anilines is 1. The van der Waals surface area contributed by atoms with Gasteiger partial charge in [0.1, 0.15) is 0 Å². The highest BCUT2D eigenvalue weighted by Crippen LogP contribution is 2.29. The van der Waals surface area contributed by atoms with Crippen molar-refractivity contribution in [3.05, 3.63) is 40.6 Å². The van der Waals surface area contributed by atoms with Gasteiger partial charge < -0.3 is 25.0 Å². The SMILES string of the molecule is COc1ccc(NC(=O)NC[C@H](c2cccs2)N(C)C)cc1OC. The monoisotopic (exact) mass is 349 g/mol. The molecule has 0 aliphatic heterocycles. The van der Waals surface area contributed by atoms with Gasteiger partial charge in [-0.05, 0) is 37.7 Å². The average molecular weight is 349 g/mol. The summed E-state index contributed by atoms with van der Waals surface area (Å²) >= 11 is 1.68. The number of ether oxygens (including phenoxy) is 2. The van der Waals surface area contributed by atoms with Crippen molar-refractivity contribution in [1.82, 2.24) is 10.2 Å². The number of hydrogen-bond acceptors (Lipinski definition) is 5. The lowest BCUT2D eigenvalue weighted by atomic mass is 10.2. The fourth-order valence-electron chi connectivity index (χ4n) is 2.30. The lowest BCUT2D eigenvalue weighted by Crippen LogP contribution is -2.36. The molecular formula is C17H23N3O3S. The topological polar surface area (TPSA) is 62.8 Å². The van der Waals surface area contributed by atoms with E-state index >= 15 is 0 Å². The number of carbonyl (C=O) groups is 1. The molecule has 6 nitrogen and oxygen atoms in total. The minimum atomic E-state index is -0.259. The zero-order valence-electron chi connectivity index (χ0n) is 14.3. The predicted octanol–water partition coefficient (Wildman–Crippen LogP) is 3.19. The molecule has 1 aromatic carbocycles. The van der Waals surface area contributed by atoms with Crippen LogP contribution in [0.25, 0.3) is 0 Å². The predicted molar refractivity (Wildman–Crippen MR) is 97.3 cm³/mol. The summed E-state index contributed by atoms with van der Waals surface area (Å²) in [4.78, 5) is 15.5. The molecule has 1 aromatic heterocycles. The minimum Gasteiger partial charge on any atom is -0.493 e. The highest BCUT2D eigenvalue weighted by atomic mass is 32.1. The molecule has 0 aliphatic carbocycles. The molecule has 0 saturated heterocycles. The first kappa shape index (κ1) is 18.1. The number of methoxy groups -OCH3 is 2. The van der Waals surface area contributed by atoms with E-state index in [1.54, 1.807) is 43.8 Å². The first-order valence-electron chi connectivity index (χ1n) is 7.52. The van der Waals surface area contributed by atoms with Crippen molar-refractivity contribution >= 4 is 23.1 Å². The van der Waals surface area contributed by atoms with Gasteiger partial charge >= 0.3 is 6.03 Å². The van der Waals surface area contributed by atoms with Crippen LogP contribution in [0.15, 0.2) is 35.7 Å². The molecule has 2 rings (SSSR count). The quantitative estimate of drug-likeness (QED) is 0.806. The van der Waals surface area contributed by atoms with Crippen LogP contribution in [0.3, 0.4) is 0 Å². The fourth-order valence-corrected chi connectivity index (χ4v) is 3.22. The Morgan fingerprint density at radius 3 is 2.54 bits per heavy atom. The van der Waals surface area contributed by atoms with Gasteiger partial charge in [-0.3, -0.25) is 0 Å². The number of likely N-dealkylation sites (N-methyl/N-ethyl adjacent to an activating group) is 1. The van der Waals surface area contributed by atoms with Crippen LogP contribution < -0.4 is 20.1 Å². The number of urea groups is 1. The van der Waals surface area contributed by atoms with Crippen LogP contribution in [-0.4, -0.2) is 45.8 Å². The Bertz CT molecular complexity index is 659. The van der Waals surface area contributed by atoms with Crippen molar-refractivity contribution in [2.24, 2.45) is 0 Å². The summed E-state index contributed by atoms with van der Waals surface area (Å²) in [5.41, 5.74) is 0.641. The van der Waals surface area contributed by atoms with Crippen molar-refractivity contribution in [3.63, 3.8) is 0 Å². The smallest absolute Gasteiger partial charge is 0.319 e. The van der Waals surface area contributed by atoms with Gasteiger partial charge in [-0.25, -0.2) is 4.79 Å². The first-order valence-corrected chi connectivity index (χ1v) is 8.39. The summed E-state index contributed by atoms with van der Waals surface area (Å²) in [6.07, 6.45) is 0. The number of thiophene rings is 1. The van der Waals surface area contributed by atoms with Crippen molar-refractivity contribution in [3.8, 4) is 11.5 Å². The number of nitrogens with one attached hydrogen (secondary N) is 2. The van der Waals surface area contributed by atoms with Crippen LogP contribution in [0.2, 0.25) is 0 Å². The maximum atomic E-state index is 12.2. The molecule has 0 bridgehead atoms. The molecule has 0 spiro atoms. The number of amides is 2. The Morgan fingerprint density at radius 2 is 1.96 bits per heavy atom. The van der Waals surface area contributed by atoms with Crippen LogP contribution in [0, 0.1) is 0 Å². The van der Waals surface area contributed by atoms with Gasteiger partial charge in [0.2, 0.25) is 0 Å². The zero-order chi connectivity index (χ0) is 17.5. The largest absolute Gasteiger partial charge is 0.493 e. The van der Waals surface area contributed by atoms with Gasteiger partial charge in [-0.15, -0.1) is 11.3 Å². The molecule has 0 radical (unpaired) electrons. The maximum absolute atomic E-state index is 12.2. The number of carbonyl (C=O) groups excluding carboxylic acids is 1. The molecule has 24 heavy (non-hydrogen) atoms. The zero-order valence-corrected chi connectivity index (χ0v) is 15.1. The van der Waals surface area contributed by atoms with Crippen molar-refractivity contribution in [2.75, 3.05) is 40.2 Å². The Kier molecular flexibility index (Phi) is 6.45. The van der Waals surface area contributed by atoms with E-state index < -0.39 is 0 Å². The van der Waals surface area contributed by atoms with E-state index in [0.29, 0.717) is 23.7 Å². The van der Waals surface area contributed by atoms with Crippen LogP contribution in [0.1, 0.15) is 10.9 Å². The van der Waals surface area contributed by atoms with Crippen molar-refractivity contribution in [1.29, 1.82) is 0 Å². The molecule has 1 heterocycles. The van der Waals surface area contributed by atoms with Crippen LogP contribution in [0.5, 0.6) is 11.5 Å². The average Bonchev–Trinajstić information content (AvgIpc) is 3.08. The van der Waals surface area contributed by atoms with Crippen LogP contribution in [-0.2, 0) is 0 Å². The second-order valence-electron chi connectivity index (χ2n) is 5.40.